The maximum Gasteiger partial charge on any atom is -0.00945 e. The molecule has 5 aliphatic rings. The van der Waals surface area contributed by atoms with E-state index in [-0.39, 0.29) is 37.1 Å². The molecule has 0 bridgehead atoms. The minimum atomic E-state index is 0. The third-order valence-electron chi connectivity index (χ3n) is 10.9. The second kappa shape index (κ2) is 28.0. The average molecular weight is 751 g/mol. The molecule has 302 valence electrons. The molecule has 0 unspecified atom stereocenters. The monoisotopic (exact) mass is 751 g/mol. The molecule has 0 spiro atoms. The maximum absolute atomic E-state index is 2.28. The van der Waals surface area contributed by atoms with Gasteiger partial charge in [-0.15, -0.1) is 0 Å². The van der Waals surface area contributed by atoms with Crippen LogP contribution in [0.1, 0.15) is 144 Å². The van der Waals surface area contributed by atoms with Gasteiger partial charge in [-0.1, -0.05) is 189 Å². The Kier molecular flexibility index (Phi) is 24.8. The molecule has 0 radical (unpaired) electrons. The lowest BCUT2D eigenvalue weighted by Crippen LogP contribution is -2.00. The Morgan fingerprint density at radius 2 is 0.554 bits per heavy atom. The van der Waals surface area contributed by atoms with Crippen molar-refractivity contribution in [3.8, 4) is 0 Å². The van der Waals surface area contributed by atoms with Gasteiger partial charge in [0.2, 0.25) is 0 Å². The molecule has 5 aliphatic carbocycles. The fourth-order valence-corrected chi connectivity index (χ4v) is 7.97. The van der Waals surface area contributed by atoms with E-state index in [9.17, 15) is 0 Å². The topological polar surface area (TPSA) is 0 Å². The van der Waals surface area contributed by atoms with E-state index in [4.69, 9.17) is 0 Å². The van der Waals surface area contributed by atoms with Gasteiger partial charge in [0, 0.05) is 0 Å². The maximum atomic E-state index is 2.28. The van der Waals surface area contributed by atoms with E-state index < -0.39 is 0 Å². The van der Waals surface area contributed by atoms with E-state index in [1.165, 1.54) is 119 Å². The van der Waals surface area contributed by atoms with Gasteiger partial charge in [-0.05, 0) is 158 Å². The van der Waals surface area contributed by atoms with Gasteiger partial charge >= 0.3 is 0 Å². The van der Waals surface area contributed by atoms with Crippen LogP contribution in [-0.2, 0) is 57.8 Å². The summed E-state index contributed by atoms with van der Waals surface area (Å²) in [5.74, 6) is 0. The van der Waals surface area contributed by atoms with Crippen LogP contribution in [0.4, 0.5) is 0 Å². The van der Waals surface area contributed by atoms with Crippen LogP contribution in [0.25, 0.3) is 6.08 Å². The fraction of sp³-hybridized carbons (Fsp3) is 0.393. The van der Waals surface area contributed by atoms with Crippen LogP contribution in [-0.4, -0.2) is 0 Å². The van der Waals surface area contributed by atoms with Gasteiger partial charge in [0.15, 0.2) is 0 Å². The molecule has 0 nitrogen and oxygen atoms in total. The lowest BCUT2D eigenvalue weighted by Gasteiger charge is -2.13. The van der Waals surface area contributed by atoms with Crippen LogP contribution in [0.2, 0.25) is 0 Å². The van der Waals surface area contributed by atoms with Crippen LogP contribution in [0, 0.1) is 0 Å². The molecular weight excluding hydrogens is 673 g/mol. The van der Waals surface area contributed by atoms with Crippen molar-refractivity contribution in [2.24, 2.45) is 0 Å². The lowest BCUT2D eigenvalue weighted by atomic mass is 9.92. The molecule has 0 amide bonds. The van der Waals surface area contributed by atoms with E-state index in [0.29, 0.717) is 0 Å². The van der Waals surface area contributed by atoms with E-state index in [0.717, 1.165) is 12.8 Å². The van der Waals surface area contributed by atoms with Crippen LogP contribution < -0.4 is 0 Å². The summed E-state index contributed by atoms with van der Waals surface area (Å²) in [6, 6.07) is 43.7. The molecule has 10 rings (SSSR count). The largest absolute Gasteiger partial charge is 0.0839 e. The number of benzene rings is 5. The third kappa shape index (κ3) is 15.6. The normalized spacial score (nSPS) is 14.5. The summed E-state index contributed by atoms with van der Waals surface area (Å²) in [5, 5.41) is 0. The molecule has 0 heterocycles. The van der Waals surface area contributed by atoms with Crippen LogP contribution >= 0.6 is 0 Å². The molecule has 0 N–H and O–H groups in total. The first-order valence-corrected chi connectivity index (χ1v) is 20.0. The predicted octanol–water partition coefficient (Wildman–Crippen LogP) is 16.3. The summed E-state index contributed by atoms with van der Waals surface area (Å²) < 4.78 is 0. The Morgan fingerprint density at radius 3 is 0.964 bits per heavy atom. The van der Waals surface area contributed by atoms with E-state index in [2.05, 4.69) is 146 Å². The van der Waals surface area contributed by atoms with E-state index in [1.54, 1.807) is 33.4 Å². The first-order valence-electron chi connectivity index (χ1n) is 20.0. The van der Waals surface area contributed by atoms with Crippen LogP contribution in [0.5, 0.6) is 0 Å². The zero-order valence-corrected chi connectivity index (χ0v) is 30.9. The number of allylic oxidation sites excluding steroid dienone is 3. The molecule has 0 atom stereocenters. The molecule has 56 heavy (non-hydrogen) atoms. The molecule has 5 aromatic rings. The van der Waals surface area contributed by atoms with Crippen LogP contribution in [0.3, 0.4) is 0 Å². The van der Waals surface area contributed by atoms with Crippen molar-refractivity contribution in [3.63, 3.8) is 0 Å². The summed E-state index contributed by atoms with van der Waals surface area (Å²) >= 11 is 0. The number of aryl methyl sites for hydroxylation is 7. The highest BCUT2D eigenvalue weighted by molar-refractivity contribution is 5.54. The molecule has 0 heteroatoms. The second-order valence-electron chi connectivity index (χ2n) is 14.6. The number of rotatable bonds is 0. The minimum absolute atomic E-state index is 0. The summed E-state index contributed by atoms with van der Waals surface area (Å²) in [7, 11) is 0. The van der Waals surface area contributed by atoms with Gasteiger partial charge in [-0.25, -0.2) is 0 Å². The van der Waals surface area contributed by atoms with Gasteiger partial charge in [0.05, 0.1) is 0 Å². The molecule has 5 aromatic carbocycles. The summed E-state index contributed by atoms with van der Waals surface area (Å²) in [6.07, 6.45) is 31.1. The Hall–Kier alpha value is -4.42. The van der Waals surface area contributed by atoms with Gasteiger partial charge in [0.1, 0.15) is 0 Å². The van der Waals surface area contributed by atoms with E-state index in [1.807, 2.05) is 0 Å². The molecule has 0 saturated carbocycles. The van der Waals surface area contributed by atoms with Crippen molar-refractivity contribution >= 4 is 6.08 Å². The lowest BCUT2D eigenvalue weighted by molar-refractivity contribution is 0.685. The fourth-order valence-electron chi connectivity index (χ4n) is 7.97. The van der Waals surface area contributed by atoms with Gasteiger partial charge in [0.25, 0.3) is 0 Å². The molecule has 0 fully saturated rings. The predicted molar refractivity (Wildman–Crippen MR) is 254 cm³/mol. The van der Waals surface area contributed by atoms with Crippen molar-refractivity contribution in [2.45, 2.75) is 146 Å². The first-order chi connectivity index (χ1) is 25.3. The van der Waals surface area contributed by atoms with Crippen molar-refractivity contribution < 1.29 is 0 Å². The Morgan fingerprint density at radius 1 is 0.250 bits per heavy atom. The van der Waals surface area contributed by atoms with Crippen LogP contribution in [0.15, 0.2) is 140 Å². The first kappa shape index (κ1) is 49.6. The zero-order valence-electron chi connectivity index (χ0n) is 30.9. The van der Waals surface area contributed by atoms with E-state index >= 15 is 0 Å². The third-order valence-corrected chi connectivity index (χ3v) is 10.9. The summed E-state index contributed by atoms with van der Waals surface area (Å²) in [4.78, 5) is 0. The van der Waals surface area contributed by atoms with Gasteiger partial charge in [-0.3, -0.25) is 0 Å². The smallest absolute Gasteiger partial charge is 0.00945 e. The van der Waals surface area contributed by atoms with Crippen molar-refractivity contribution in [2.75, 3.05) is 0 Å². The average Bonchev–Trinajstić information content (AvgIpc) is 3.38. The number of hydrogen-bond acceptors (Lipinski definition) is 0. The zero-order chi connectivity index (χ0) is 34.8. The number of fused-ring (bicyclic) bond motifs is 5. The molecular formula is C56H78. The summed E-state index contributed by atoms with van der Waals surface area (Å²) in [5.41, 5.74) is 15.4. The quantitative estimate of drug-likeness (QED) is 0.109. The van der Waals surface area contributed by atoms with Gasteiger partial charge < -0.3 is 0 Å². The van der Waals surface area contributed by atoms with Crippen molar-refractivity contribution in [1.82, 2.24) is 0 Å². The second-order valence-corrected chi connectivity index (χ2v) is 14.6. The Balaban J connectivity index is 0.000000343. The number of hydrogen-bond donors (Lipinski definition) is 0. The standard InChI is InChI=1S/C11H14.C11H12.C10H12.C10H10.C9H10.5CH4/c2*1-2-6-10-8-4-5-9-11(10)7-3-1;2*1-2-6-10-8-4-3-7-9(10)5-1;1-2-5-9-7-3-6-8(9)4-1;;;;;/h4-5,8-9H,1-3,6-7H2;2,4-6,8-9H,1,3,7H2;1-2,5-6H,3-4,7-8H2;1-6H,7-8H2;1-2,4-5H,3,6-7H2;5*1H4. The van der Waals surface area contributed by atoms with Crippen molar-refractivity contribution in [1.29, 1.82) is 0 Å². The highest BCUT2D eigenvalue weighted by Gasteiger charge is 2.08. The Labute approximate surface area is 346 Å². The highest BCUT2D eigenvalue weighted by Crippen LogP contribution is 2.22. The Bertz CT molecular complexity index is 1730. The molecule has 0 saturated heterocycles. The van der Waals surface area contributed by atoms with Crippen molar-refractivity contribution in [3.05, 3.63) is 195 Å². The van der Waals surface area contributed by atoms with Gasteiger partial charge in [-0.2, -0.15) is 0 Å². The molecule has 0 aliphatic heterocycles. The summed E-state index contributed by atoms with van der Waals surface area (Å²) in [6.45, 7) is 0. The highest BCUT2D eigenvalue weighted by atomic mass is 14.1. The SMILES string of the molecule is C.C.C.C.C.C1=CCc2ccccc2C1.C1=Cc2ccccc2CCC1.c1ccc2c(c1)CCC2.c1ccc2c(c1)CCCC2.c1ccc2c(c1)CCCCC2. The minimum Gasteiger partial charge on any atom is -0.0839 e. The molecule has 0 aromatic heterocycles.